The molecule has 4 rings (SSSR count). The van der Waals surface area contributed by atoms with E-state index in [0.29, 0.717) is 6.54 Å². The molecule has 21 heavy (non-hydrogen) atoms. The number of pyridine rings is 1. The molecule has 2 N–H and O–H groups in total. The van der Waals surface area contributed by atoms with Gasteiger partial charge in [0.1, 0.15) is 5.65 Å². The van der Waals surface area contributed by atoms with Crippen molar-refractivity contribution < 1.29 is 0 Å². The molecule has 0 radical (unpaired) electrons. The third-order valence-electron chi connectivity index (χ3n) is 3.81. The molecule has 0 amide bonds. The third-order valence-corrected chi connectivity index (χ3v) is 3.81. The Balaban J connectivity index is 1.96. The Labute approximate surface area is 122 Å². The molecule has 4 aromatic rings. The van der Waals surface area contributed by atoms with Gasteiger partial charge in [-0.1, -0.05) is 48.5 Å². The predicted molar refractivity (Wildman–Crippen MR) is 86.0 cm³/mol. The van der Waals surface area contributed by atoms with E-state index in [1.54, 1.807) is 0 Å². The summed E-state index contributed by atoms with van der Waals surface area (Å²) in [4.78, 5) is 4.73. The number of hydrogen-bond donors (Lipinski definition) is 1. The van der Waals surface area contributed by atoms with E-state index in [-0.39, 0.29) is 0 Å². The molecule has 2 aromatic heterocycles. The highest BCUT2D eigenvalue weighted by molar-refractivity contribution is 5.95. The van der Waals surface area contributed by atoms with Crippen LogP contribution in [0.2, 0.25) is 0 Å². The maximum atomic E-state index is 5.70. The molecule has 3 nitrogen and oxygen atoms in total. The van der Waals surface area contributed by atoms with E-state index in [4.69, 9.17) is 10.7 Å². The van der Waals surface area contributed by atoms with Gasteiger partial charge in [0.25, 0.3) is 0 Å². The van der Waals surface area contributed by atoms with Gasteiger partial charge >= 0.3 is 0 Å². The zero-order valence-corrected chi connectivity index (χ0v) is 11.5. The van der Waals surface area contributed by atoms with Crippen LogP contribution in [0.15, 0.2) is 67.0 Å². The lowest BCUT2D eigenvalue weighted by atomic mass is 10.0. The van der Waals surface area contributed by atoms with Crippen molar-refractivity contribution in [1.82, 2.24) is 9.38 Å². The highest BCUT2D eigenvalue weighted by Gasteiger charge is 2.08. The summed E-state index contributed by atoms with van der Waals surface area (Å²) in [5.41, 5.74) is 9.89. The van der Waals surface area contributed by atoms with Gasteiger partial charge in [0.15, 0.2) is 0 Å². The van der Waals surface area contributed by atoms with Gasteiger partial charge < -0.3 is 10.1 Å². The minimum absolute atomic E-state index is 0.539. The maximum absolute atomic E-state index is 5.70. The first kappa shape index (κ1) is 12.1. The van der Waals surface area contributed by atoms with Crippen molar-refractivity contribution >= 4 is 16.4 Å². The normalized spacial score (nSPS) is 11.3. The summed E-state index contributed by atoms with van der Waals surface area (Å²) in [6.07, 6.45) is 4.10. The summed E-state index contributed by atoms with van der Waals surface area (Å²) in [5, 5.41) is 2.46. The summed E-state index contributed by atoms with van der Waals surface area (Å²) < 4.78 is 2.04. The average Bonchev–Trinajstić information content (AvgIpc) is 2.97. The molecule has 2 aromatic carbocycles. The first-order chi connectivity index (χ1) is 10.3. The van der Waals surface area contributed by atoms with E-state index >= 15 is 0 Å². The Morgan fingerprint density at radius 3 is 2.67 bits per heavy atom. The monoisotopic (exact) mass is 273 g/mol. The van der Waals surface area contributed by atoms with Gasteiger partial charge in [-0.05, 0) is 22.4 Å². The van der Waals surface area contributed by atoms with Gasteiger partial charge in [0, 0.05) is 24.5 Å². The number of fused-ring (bicyclic) bond motifs is 2. The molecular weight excluding hydrogens is 258 g/mol. The zero-order chi connectivity index (χ0) is 14.2. The van der Waals surface area contributed by atoms with E-state index in [9.17, 15) is 0 Å². The van der Waals surface area contributed by atoms with Crippen molar-refractivity contribution in [2.75, 3.05) is 0 Å². The molecule has 0 bridgehead atoms. The molecule has 2 heterocycles. The number of rotatable bonds is 2. The van der Waals surface area contributed by atoms with Gasteiger partial charge in [-0.2, -0.15) is 0 Å². The van der Waals surface area contributed by atoms with Gasteiger partial charge in [-0.25, -0.2) is 4.98 Å². The summed E-state index contributed by atoms with van der Waals surface area (Å²) >= 11 is 0. The van der Waals surface area contributed by atoms with Crippen LogP contribution in [-0.4, -0.2) is 9.38 Å². The Kier molecular flexibility index (Phi) is 2.72. The SMILES string of the molecule is NCc1ccc2nc(-c3cccc4ccccc34)cn2c1. The maximum Gasteiger partial charge on any atom is 0.137 e. The molecule has 0 saturated carbocycles. The first-order valence-corrected chi connectivity index (χ1v) is 7.01. The second-order valence-electron chi connectivity index (χ2n) is 5.16. The van der Waals surface area contributed by atoms with Crippen molar-refractivity contribution in [3.05, 3.63) is 72.6 Å². The second kappa shape index (κ2) is 4.72. The summed E-state index contributed by atoms with van der Waals surface area (Å²) in [5.74, 6) is 0. The van der Waals surface area contributed by atoms with E-state index in [0.717, 1.165) is 22.5 Å². The predicted octanol–water partition coefficient (Wildman–Crippen LogP) is 3.61. The quantitative estimate of drug-likeness (QED) is 0.606. The minimum Gasteiger partial charge on any atom is -0.326 e. The van der Waals surface area contributed by atoms with Crippen LogP contribution >= 0.6 is 0 Å². The number of benzene rings is 2. The van der Waals surface area contributed by atoms with Crippen molar-refractivity contribution in [1.29, 1.82) is 0 Å². The molecule has 102 valence electrons. The van der Waals surface area contributed by atoms with Gasteiger partial charge in [0.2, 0.25) is 0 Å². The topological polar surface area (TPSA) is 43.3 Å². The Bertz CT molecular complexity index is 932. The van der Waals surface area contributed by atoms with Gasteiger partial charge in [-0.3, -0.25) is 0 Å². The van der Waals surface area contributed by atoms with E-state index in [1.165, 1.54) is 10.8 Å². The molecule has 0 atom stereocenters. The van der Waals surface area contributed by atoms with E-state index in [1.807, 2.05) is 22.7 Å². The van der Waals surface area contributed by atoms with Crippen molar-refractivity contribution in [2.24, 2.45) is 5.73 Å². The van der Waals surface area contributed by atoms with Crippen LogP contribution in [-0.2, 0) is 6.54 Å². The smallest absolute Gasteiger partial charge is 0.137 e. The minimum atomic E-state index is 0.539. The van der Waals surface area contributed by atoms with Crippen LogP contribution in [0.3, 0.4) is 0 Å². The molecule has 0 aliphatic rings. The molecule has 3 heteroatoms. The Morgan fingerprint density at radius 2 is 1.76 bits per heavy atom. The fourth-order valence-electron chi connectivity index (χ4n) is 2.74. The van der Waals surface area contributed by atoms with E-state index in [2.05, 4.69) is 48.7 Å². The zero-order valence-electron chi connectivity index (χ0n) is 11.5. The van der Waals surface area contributed by atoms with Gasteiger partial charge in [0.05, 0.1) is 5.69 Å². The third kappa shape index (κ3) is 1.99. The summed E-state index contributed by atoms with van der Waals surface area (Å²) in [6, 6.07) is 18.7. The van der Waals surface area contributed by atoms with Gasteiger partial charge in [-0.15, -0.1) is 0 Å². The van der Waals surface area contributed by atoms with Crippen LogP contribution in [0.4, 0.5) is 0 Å². The standard InChI is InChI=1S/C18H15N3/c19-10-13-8-9-18-20-17(12-21(18)11-13)16-7-3-5-14-4-1-2-6-15(14)16/h1-9,11-12H,10,19H2. The molecule has 0 spiro atoms. The van der Waals surface area contributed by atoms with Crippen molar-refractivity contribution in [2.45, 2.75) is 6.54 Å². The van der Waals surface area contributed by atoms with Crippen LogP contribution < -0.4 is 5.73 Å². The number of imidazole rings is 1. The Morgan fingerprint density at radius 1 is 0.905 bits per heavy atom. The second-order valence-corrected chi connectivity index (χ2v) is 5.16. The molecule has 0 unspecified atom stereocenters. The van der Waals surface area contributed by atoms with Crippen LogP contribution in [0.1, 0.15) is 5.56 Å². The van der Waals surface area contributed by atoms with E-state index < -0.39 is 0 Å². The molecule has 0 aliphatic heterocycles. The van der Waals surface area contributed by atoms with Crippen molar-refractivity contribution in [3.63, 3.8) is 0 Å². The van der Waals surface area contributed by atoms with Crippen LogP contribution in [0.5, 0.6) is 0 Å². The highest BCUT2D eigenvalue weighted by Crippen LogP contribution is 2.28. The lowest BCUT2D eigenvalue weighted by Crippen LogP contribution is -1.97. The number of aromatic nitrogens is 2. The number of nitrogens with two attached hydrogens (primary N) is 1. The first-order valence-electron chi connectivity index (χ1n) is 7.01. The average molecular weight is 273 g/mol. The van der Waals surface area contributed by atoms with Crippen LogP contribution in [0, 0.1) is 0 Å². The number of nitrogens with zero attached hydrogens (tertiary/aromatic N) is 2. The molecule has 0 aliphatic carbocycles. The molecule has 0 fully saturated rings. The highest BCUT2D eigenvalue weighted by atomic mass is 15.0. The fourth-order valence-corrected chi connectivity index (χ4v) is 2.74. The lowest BCUT2D eigenvalue weighted by molar-refractivity contribution is 1.03. The lowest BCUT2D eigenvalue weighted by Gasteiger charge is -2.02. The molecular formula is C18H15N3. The summed E-state index contributed by atoms with van der Waals surface area (Å²) in [6.45, 7) is 0.539. The number of hydrogen-bond acceptors (Lipinski definition) is 2. The largest absolute Gasteiger partial charge is 0.326 e. The molecule has 0 saturated heterocycles. The summed E-state index contributed by atoms with van der Waals surface area (Å²) in [7, 11) is 0. The van der Waals surface area contributed by atoms with Crippen LogP contribution in [0.25, 0.3) is 27.7 Å². The van der Waals surface area contributed by atoms with Crippen molar-refractivity contribution in [3.8, 4) is 11.3 Å². The Hall–Kier alpha value is -2.65. The fraction of sp³-hybridized carbons (Fsp3) is 0.0556.